The molecule has 2 heterocycles. The summed E-state index contributed by atoms with van der Waals surface area (Å²) < 4.78 is 5.59. The molecule has 3 rings (SSSR count). The molecule has 6 heteroatoms. The fourth-order valence-corrected chi connectivity index (χ4v) is 2.65. The van der Waals surface area contributed by atoms with E-state index in [1.165, 1.54) is 0 Å². The van der Waals surface area contributed by atoms with Crippen molar-refractivity contribution in [2.24, 2.45) is 5.73 Å². The van der Waals surface area contributed by atoms with E-state index >= 15 is 0 Å². The summed E-state index contributed by atoms with van der Waals surface area (Å²) in [5.74, 6) is -0.0902. The lowest BCUT2D eigenvalue weighted by molar-refractivity contribution is -0.126. The Morgan fingerprint density at radius 1 is 1.43 bits per heavy atom. The molecule has 4 N–H and O–H groups in total. The van der Waals surface area contributed by atoms with E-state index in [0.29, 0.717) is 6.54 Å². The third kappa shape index (κ3) is 3.37. The van der Waals surface area contributed by atoms with E-state index in [4.69, 9.17) is 10.5 Å². The molecular formula is C15H20ClN3O2. The van der Waals surface area contributed by atoms with E-state index in [9.17, 15) is 4.79 Å². The smallest absolute Gasteiger partial charge is 0.253 e. The van der Waals surface area contributed by atoms with Gasteiger partial charge in [-0.2, -0.15) is 0 Å². The number of nitrogens with two attached hydrogens (primary N) is 1. The van der Waals surface area contributed by atoms with Crippen LogP contribution in [0.1, 0.15) is 18.5 Å². The van der Waals surface area contributed by atoms with E-state index in [-0.39, 0.29) is 30.5 Å². The number of amides is 1. The number of carbonyl (C=O) groups excluding carboxylic acids is 1. The van der Waals surface area contributed by atoms with Gasteiger partial charge in [0.2, 0.25) is 0 Å². The number of aryl methyl sites for hydroxylation is 1. The zero-order chi connectivity index (χ0) is 14.1. The van der Waals surface area contributed by atoms with Gasteiger partial charge in [0.15, 0.2) is 0 Å². The van der Waals surface area contributed by atoms with Crippen molar-refractivity contribution in [2.45, 2.75) is 32.0 Å². The summed E-state index contributed by atoms with van der Waals surface area (Å²) in [6.45, 7) is 2.48. The highest BCUT2D eigenvalue weighted by molar-refractivity contribution is 5.96. The molecule has 0 unspecified atom stereocenters. The number of hydrogen-bond acceptors (Lipinski definition) is 3. The Morgan fingerprint density at radius 3 is 2.95 bits per heavy atom. The van der Waals surface area contributed by atoms with Gasteiger partial charge in [0.25, 0.3) is 5.91 Å². The van der Waals surface area contributed by atoms with Crippen molar-refractivity contribution in [1.29, 1.82) is 0 Å². The van der Waals surface area contributed by atoms with Crippen molar-refractivity contribution < 1.29 is 9.53 Å². The zero-order valence-electron chi connectivity index (χ0n) is 11.9. The monoisotopic (exact) mass is 309 g/mol. The van der Waals surface area contributed by atoms with Gasteiger partial charge in [-0.25, -0.2) is 0 Å². The predicted octanol–water partition coefficient (Wildman–Crippen LogP) is 2.34. The van der Waals surface area contributed by atoms with Crippen LogP contribution in [0, 0.1) is 6.92 Å². The van der Waals surface area contributed by atoms with Crippen LogP contribution >= 0.6 is 12.4 Å². The highest BCUT2D eigenvalue weighted by Gasteiger charge is 2.29. The Balaban J connectivity index is 0.00000161. The Bertz CT molecular complexity index is 641. The molecule has 0 saturated carbocycles. The lowest BCUT2D eigenvalue weighted by atomic mass is 10.2. The number of benzene rings is 1. The minimum atomic E-state index is -0.382. The molecule has 1 aromatic heterocycles. The number of anilines is 1. The van der Waals surface area contributed by atoms with E-state index < -0.39 is 0 Å². The average molecular weight is 310 g/mol. The standard InChI is InChI=1S/C15H19N3O2.ClH/c1-9-6-10-7-11(2-4-13(10)17-9)18-15(19)14-5-3-12(8-16)20-14;/h2,4,6-7,12,14,17H,3,5,8,16H2,1H3,(H,18,19);1H/t12-,14+;/m1./s1. The number of hydrogen-bond donors (Lipinski definition) is 3. The van der Waals surface area contributed by atoms with Crippen molar-refractivity contribution >= 4 is 34.9 Å². The van der Waals surface area contributed by atoms with Gasteiger partial charge in [0.1, 0.15) is 6.10 Å². The fourth-order valence-electron chi connectivity index (χ4n) is 2.65. The summed E-state index contributed by atoms with van der Waals surface area (Å²) in [7, 11) is 0. The molecule has 1 aliphatic rings. The lowest BCUT2D eigenvalue weighted by Crippen LogP contribution is -2.29. The fraction of sp³-hybridized carbons (Fsp3) is 0.400. The van der Waals surface area contributed by atoms with Gasteiger partial charge < -0.3 is 20.8 Å². The molecule has 5 nitrogen and oxygen atoms in total. The minimum Gasteiger partial charge on any atom is -0.364 e. The Labute approximate surface area is 129 Å². The number of aromatic nitrogens is 1. The number of H-pyrrole nitrogens is 1. The van der Waals surface area contributed by atoms with Crippen LogP contribution in [0.2, 0.25) is 0 Å². The van der Waals surface area contributed by atoms with Crippen molar-refractivity contribution in [1.82, 2.24) is 4.98 Å². The molecule has 0 radical (unpaired) electrons. The summed E-state index contributed by atoms with van der Waals surface area (Å²) in [5.41, 5.74) is 8.52. The second-order valence-electron chi connectivity index (χ2n) is 5.30. The largest absolute Gasteiger partial charge is 0.364 e. The number of carbonyl (C=O) groups is 1. The quantitative estimate of drug-likeness (QED) is 0.814. The SMILES string of the molecule is Cc1cc2cc(NC(=O)[C@@H]3CC[C@H](CN)O3)ccc2[nH]1.Cl. The normalized spacial score (nSPS) is 21.2. The second-order valence-corrected chi connectivity index (χ2v) is 5.30. The van der Waals surface area contributed by atoms with Gasteiger partial charge >= 0.3 is 0 Å². The van der Waals surface area contributed by atoms with E-state index in [0.717, 1.165) is 35.1 Å². The number of aromatic amines is 1. The first-order chi connectivity index (χ1) is 9.65. The molecule has 0 aliphatic carbocycles. The third-order valence-corrected chi connectivity index (χ3v) is 3.69. The molecule has 1 aromatic carbocycles. The van der Waals surface area contributed by atoms with E-state index in [1.807, 2.05) is 25.1 Å². The zero-order valence-corrected chi connectivity index (χ0v) is 12.7. The second kappa shape index (κ2) is 6.47. The molecule has 0 bridgehead atoms. The number of nitrogens with one attached hydrogen (secondary N) is 2. The average Bonchev–Trinajstić information content (AvgIpc) is 3.03. The van der Waals surface area contributed by atoms with Crippen molar-refractivity contribution in [3.63, 3.8) is 0 Å². The molecule has 1 amide bonds. The van der Waals surface area contributed by atoms with Crippen LogP contribution in [0.25, 0.3) is 10.9 Å². The molecule has 1 aliphatic heterocycles. The minimum absolute atomic E-state index is 0. The number of ether oxygens (including phenoxy) is 1. The van der Waals surface area contributed by atoms with E-state index in [1.54, 1.807) is 0 Å². The maximum Gasteiger partial charge on any atom is 0.253 e. The first-order valence-electron chi connectivity index (χ1n) is 6.91. The van der Waals surface area contributed by atoms with Crippen LogP contribution in [-0.4, -0.2) is 29.6 Å². The van der Waals surface area contributed by atoms with Crippen LogP contribution in [0.15, 0.2) is 24.3 Å². The molecule has 0 spiro atoms. The van der Waals surface area contributed by atoms with Gasteiger partial charge in [-0.1, -0.05) is 0 Å². The highest BCUT2D eigenvalue weighted by Crippen LogP contribution is 2.23. The number of fused-ring (bicyclic) bond motifs is 1. The molecule has 2 atom stereocenters. The summed E-state index contributed by atoms with van der Waals surface area (Å²) >= 11 is 0. The Hall–Kier alpha value is -1.56. The van der Waals surface area contributed by atoms with Gasteiger partial charge in [0.05, 0.1) is 6.10 Å². The Morgan fingerprint density at radius 2 is 2.24 bits per heavy atom. The molecular weight excluding hydrogens is 290 g/mol. The summed E-state index contributed by atoms with van der Waals surface area (Å²) in [6, 6.07) is 7.88. The predicted molar refractivity (Wildman–Crippen MR) is 85.9 cm³/mol. The van der Waals surface area contributed by atoms with Crippen LogP contribution < -0.4 is 11.1 Å². The molecule has 1 saturated heterocycles. The highest BCUT2D eigenvalue weighted by atomic mass is 35.5. The first kappa shape index (κ1) is 15.8. The van der Waals surface area contributed by atoms with Gasteiger partial charge in [-0.3, -0.25) is 4.79 Å². The number of rotatable bonds is 3. The summed E-state index contributed by atoms with van der Waals surface area (Å²) in [5, 5.41) is 4.00. The van der Waals surface area contributed by atoms with Crippen molar-refractivity contribution in [2.75, 3.05) is 11.9 Å². The van der Waals surface area contributed by atoms with Crippen LogP contribution in [0.3, 0.4) is 0 Å². The van der Waals surface area contributed by atoms with Crippen LogP contribution in [0.5, 0.6) is 0 Å². The maximum absolute atomic E-state index is 12.1. The molecule has 2 aromatic rings. The molecule has 1 fully saturated rings. The van der Waals surface area contributed by atoms with Crippen molar-refractivity contribution in [3.05, 3.63) is 30.0 Å². The van der Waals surface area contributed by atoms with Gasteiger partial charge in [-0.05, 0) is 44.0 Å². The first-order valence-corrected chi connectivity index (χ1v) is 6.91. The van der Waals surface area contributed by atoms with Crippen molar-refractivity contribution in [3.8, 4) is 0 Å². The molecule has 114 valence electrons. The topological polar surface area (TPSA) is 80.1 Å². The summed E-state index contributed by atoms with van der Waals surface area (Å²) in [6.07, 6.45) is 1.22. The van der Waals surface area contributed by atoms with Gasteiger partial charge in [-0.15, -0.1) is 12.4 Å². The maximum atomic E-state index is 12.1. The third-order valence-electron chi connectivity index (χ3n) is 3.69. The number of halogens is 1. The van der Waals surface area contributed by atoms with Gasteiger partial charge in [0, 0.05) is 28.8 Å². The molecule has 21 heavy (non-hydrogen) atoms. The van der Waals surface area contributed by atoms with Crippen LogP contribution in [0.4, 0.5) is 5.69 Å². The Kier molecular flexibility index (Phi) is 4.88. The lowest BCUT2D eigenvalue weighted by Gasteiger charge is -2.12. The van der Waals surface area contributed by atoms with E-state index in [2.05, 4.69) is 16.4 Å². The van der Waals surface area contributed by atoms with Crippen LogP contribution in [-0.2, 0) is 9.53 Å². The summed E-state index contributed by atoms with van der Waals surface area (Å²) in [4.78, 5) is 15.4.